The molecule has 17 heavy (non-hydrogen) atoms. The number of hydrogen-bond donors (Lipinski definition) is 0. The lowest BCUT2D eigenvalue weighted by atomic mass is 9.68. The molecule has 1 aromatic heterocycles. The Balaban J connectivity index is 2.32. The van der Waals surface area contributed by atoms with Crippen LogP contribution in [0.4, 0.5) is 0 Å². The van der Waals surface area contributed by atoms with E-state index in [-0.39, 0.29) is 5.63 Å². The monoisotopic (exact) mass is 234 g/mol. The highest BCUT2D eigenvalue weighted by Gasteiger charge is 2.33. The second-order valence-corrected chi connectivity index (χ2v) is 5.79. The van der Waals surface area contributed by atoms with Crippen LogP contribution in [-0.4, -0.2) is 0 Å². The van der Waals surface area contributed by atoms with E-state index in [9.17, 15) is 4.79 Å². The minimum atomic E-state index is -0.141. The van der Waals surface area contributed by atoms with Crippen LogP contribution in [0.1, 0.15) is 51.5 Å². The molecule has 2 rings (SSSR count). The highest BCUT2D eigenvalue weighted by Crippen LogP contribution is 2.42. The molecule has 1 saturated carbocycles. The van der Waals surface area contributed by atoms with Crippen LogP contribution >= 0.6 is 0 Å². The minimum absolute atomic E-state index is 0.141. The highest BCUT2D eigenvalue weighted by molar-refractivity contribution is 5.16. The van der Waals surface area contributed by atoms with Gasteiger partial charge < -0.3 is 4.42 Å². The predicted molar refractivity (Wildman–Crippen MR) is 69.1 cm³/mol. The zero-order chi connectivity index (χ0) is 12.4. The molecule has 0 aromatic carbocycles. The quantitative estimate of drug-likeness (QED) is 0.778. The summed E-state index contributed by atoms with van der Waals surface area (Å²) in [5.41, 5.74) is 0.745. The first-order valence-corrected chi connectivity index (χ1v) is 6.67. The Morgan fingerprint density at radius 2 is 2.12 bits per heavy atom. The van der Waals surface area contributed by atoms with Crippen LogP contribution in [0, 0.1) is 17.8 Å². The van der Waals surface area contributed by atoms with Gasteiger partial charge >= 0.3 is 5.63 Å². The van der Waals surface area contributed by atoms with Gasteiger partial charge in [-0.3, -0.25) is 0 Å². The summed E-state index contributed by atoms with van der Waals surface area (Å²) in [6.45, 7) is 6.81. The van der Waals surface area contributed by atoms with Gasteiger partial charge in [-0.2, -0.15) is 0 Å². The molecule has 2 heteroatoms. The van der Waals surface area contributed by atoms with Gasteiger partial charge in [-0.25, -0.2) is 4.79 Å². The Bertz CT molecular complexity index is 419. The summed E-state index contributed by atoms with van der Waals surface area (Å²) >= 11 is 0. The second kappa shape index (κ2) is 5.07. The van der Waals surface area contributed by atoms with Crippen molar-refractivity contribution in [2.45, 2.75) is 46.0 Å². The smallest absolute Gasteiger partial charge is 0.339 e. The largest absolute Gasteiger partial charge is 0.431 e. The van der Waals surface area contributed by atoms with Crippen LogP contribution in [0.2, 0.25) is 0 Å². The topological polar surface area (TPSA) is 30.2 Å². The summed E-state index contributed by atoms with van der Waals surface area (Å²) in [5.74, 6) is 2.36. The van der Waals surface area contributed by atoms with E-state index in [1.807, 2.05) is 12.1 Å². The summed E-state index contributed by atoms with van der Waals surface area (Å²) in [7, 11) is 0. The molecule has 1 aromatic rings. The van der Waals surface area contributed by atoms with E-state index >= 15 is 0 Å². The molecule has 1 heterocycles. The molecule has 94 valence electrons. The van der Waals surface area contributed by atoms with E-state index in [0.29, 0.717) is 17.8 Å². The van der Waals surface area contributed by atoms with Crippen LogP contribution in [0.25, 0.3) is 0 Å². The fraction of sp³-hybridized carbons (Fsp3) is 0.667. The van der Waals surface area contributed by atoms with Crippen molar-refractivity contribution in [1.29, 1.82) is 0 Å². The third kappa shape index (κ3) is 2.62. The van der Waals surface area contributed by atoms with Gasteiger partial charge in [0.25, 0.3) is 0 Å². The third-order valence-electron chi connectivity index (χ3n) is 4.19. The van der Waals surface area contributed by atoms with E-state index in [2.05, 4.69) is 20.8 Å². The van der Waals surface area contributed by atoms with Crippen LogP contribution in [0.15, 0.2) is 27.6 Å². The van der Waals surface area contributed by atoms with Gasteiger partial charge in [0.1, 0.15) is 0 Å². The molecule has 0 saturated heterocycles. The lowest BCUT2D eigenvalue weighted by molar-refractivity contribution is 0.194. The Kier molecular flexibility index (Phi) is 3.70. The van der Waals surface area contributed by atoms with Crippen molar-refractivity contribution in [2.24, 2.45) is 17.8 Å². The molecule has 1 fully saturated rings. The van der Waals surface area contributed by atoms with Crippen molar-refractivity contribution >= 4 is 0 Å². The maximum Gasteiger partial charge on any atom is 0.339 e. The van der Waals surface area contributed by atoms with Crippen molar-refractivity contribution in [3.05, 3.63) is 34.4 Å². The molecule has 1 aliphatic carbocycles. The average Bonchev–Trinajstić information content (AvgIpc) is 2.29. The summed E-state index contributed by atoms with van der Waals surface area (Å²) in [6, 6.07) is 3.79. The van der Waals surface area contributed by atoms with Gasteiger partial charge in [-0.05, 0) is 48.6 Å². The standard InChI is InChI=1S/C15H22O2/c1-10(2)12-7-6-11(3)9-14(12)13-5-4-8-17-15(13)16/h4-5,8,10-12,14H,6-7,9H2,1-3H3. The lowest BCUT2D eigenvalue weighted by Gasteiger charge is -2.37. The first-order chi connectivity index (χ1) is 8.09. The molecule has 2 nitrogen and oxygen atoms in total. The normalized spacial score (nSPS) is 29.5. The molecule has 0 bridgehead atoms. The molecule has 1 aliphatic rings. The minimum Gasteiger partial charge on any atom is -0.431 e. The third-order valence-corrected chi connectivity index (χ3v) is 4.19. The molecular weight excluding hydrogens is 212 g/mol. The van der Waals surface area contributed by atoms with Gasteiger partial charge in [0.15, 0.2) is 0 Å². The van der Waals surface area contributed by atoms with Crippen LogP contribution < -0.4 is 5.63 Å². The molecule has 0 spiro atoms. The number of rotatable bonds is 2. The van der Waals surface area contributed by atoms with Crippen molar-refractivity contribution in [2.75, 3.05) is 0 Å². The van der Waals surface area contributed by atoms with Crippen LogP contribution in [-0.2, 0) is 0 Å². The van der Waals surface area contributed by atoms with E-state index in [1.165, 1.54) is 19.1 Å². The van der Waals surface area contributed by atoms with Crippen LogP contribution in [0.5, 0.6) is 0 Å². The zero-order valence-electron chi connectivity index (χ0n) is 11.0. The van der Waals surface area contributed by atoms with E-state index in [4.69, 9.17) is 4.42 Å². The molecule has 3 unspecified atom stereocenters. The Labute approximate surface area is 103 Å². The van der Waals surface area contributed by atoms with Gasteiger partial charge in [0.05, 0.1) is 6.26 Å². The Hall–Kier alpha value is -1.05. The highest BCUT2D eigenvalue weighted by atomic mass is 16.4. The van der Waals surface area contributed by atoms with Gasteiger partial charge in [0, 0.05) is 5.56 Å². The van der Waals surface area contributed by atoms with Gasteiger partial charge in [-0.15, -0.1) is 0 Å². The average molecular weight is 234 g/mol. The predicted octanol–water partition coefficient (Wildman–Crippen LogP) is 3.82. The second-order valence-electron chi connectivity index (χ2n) is 5.79. The first-order valence-electron chi connectivity index (χ1n) is 6.67. The van der Waals surface area contributed by atoms with E-state index < -0.39 is 0 Å². The maximum absolute atomic E-state index is 11.8. The fourth-order valence-corrected chi connectivity index (χ4v) is 3.21. The summed E-state index contributed by atoms with van der Waals surface area (Å²) in [6.07, 6.45) is 5.12. The maximum atomic E-state index is 11.8. The summed E-state index contributed by atoms with van der Waals surface area (Å²) < 4.78 is 5.02. The van der Waals surface area contributed by atoms with Crippen molar-refractivity contribution in [1.82, 2.24) is 0 Å². The zero-order valence-corrected chi connectivity index (χ0v) is 11.0. The molecule has 3 atom stereocenters. The summed E-state index contributed by atoms with van der Waals surface area (Å²) in [4.78, 5) is 11.8. The molecule has 0 N–H and O–H groups in total. The Morgan fingerprint density at radius 1 is 1.35 bits per heavy atom. The summed E-state index contributed by atoms with van der Waals surface area (Å²) in [5, 5.41) is 0. The van der Waals surface area contributed by atoms with Gasteiger partial charge in [-0.1, -0.05) is 27.2 Å². The van der Waals surface area contributed by atoms with Crippen molar-refractivity contribution < 1.29 is 4.42 Å². The first kappa shape index (κ1) is 12.4. The van der Waals surface area contributed by atoms with E-state index in [1.54, 1.807) is 0 Å². The molecule has 0 amide bonds. The molecule has 0 radical (unpaired) electrons. The molecule has 0 aliphatic heterocycles. The van der Waals surface area contributed by atoms with E-state index in [0.717, 1.165) is 17.9 Å². The molecular formula is C15H22O2. The SMILES string of the molecule is CC1CCC(C(C)C)C(c2cccoc2=O)C1. The van der Waals surface area contributed by atoms with Gasteiger partial charge in [0.2, 0.25) is 0 Å². The Morgan fingerprint density at radius 3 is 2.76 bits per heavy atom. The van der Waals surface area contributed by atoms with Crippen LogP contribution in [0.3, 0.4) is 0 Å². The fourth-order valence-electron chi connectivity index (χ4n) is 3.21. The lowest BCUT2D eigenvalue weighted by Crippen LogP contribution is -2.29. The number of hydrogen-bond acceptors (Lipinski definition) is 2. The van der Waals surface area contributed by atoms with Crippen molar-refractivity contribution in [3.8, 4) is 0 Å². The van der Waals surface area contributed by atoms with Crippen molar-refractivity contribution in [3.63, 3.8) is 0 Å².